The first kappa shape index (κ1) is 18.5. The number of nitrogens with zero attached hydrogens (tertiary/aromatic N) is 2. The Morgan fingerprint density at radius 3 is 2.72 bits per heavy atom. The summed E-state index contributed by atoms with van der Waals surface area (Å²) in [6.07, 6.45) is 0.0791. The van der Waals surface area contributed by atoms with Gasteiger partial charge in [-0.25, -0.2) is 4.63 Å². The van der Waals surface area contributed by atoms with Crippen molar-refractivity contribution in [3.63, 3.8) is 0 Å². The topological polar surface area (TPSA) is 125 Å². The minimum Gasteiger partial charge on any atom is -0.493 e. The van der Waals surface area contributed by atoms with Gasteiger partial charge >= 0.3 is 0 Å². The standard InChI is InChI=1S/C16H23N5O4/c1-10(2)24-12-5-4-11(8-13(12)23-3)9-18-6-7-19-16(22)14-15(17)21-25-20-14/h4-5,8,10,18H,6-7,9H2,1-3H3,(H2,17,21)(H,19,22). The van der Waals surface area contributed by atoms with Crippen molar-refractivity contribution in [1.82, 2.24) is 20.9 Å². The number of hydrogen-bond acceptors (Lipinski definition) is 8. The summed E-state index contributed by atoms with van der Waals surface area (Å²) in [6, 6.07) is 5.77. The quantitative estimate of drug-likeness (QED) is 0.572. The van der Waals surface area contributed by atoms with Gasteiger partial charge in [0, 0.05) is 19.6 Å². The van der Waals surface area contributed by atoms with Crippen LogP contribution in [0.1, 0.15) is 29.9 Å². The van der Waals surface area contributed by atoms with E-state index in [2.05, 4.69) is 25.6 Å². The Morgan fingerprint density at radius 1 is 1.28 bits per heavy atom. The minimum atomic E-state index is -0.419. The largest absolute Gasteiger partial charge is 0.493 e. The molecular formula is C16H23N5O4. The van der Waals surface area contributed by atoms with Crippen LogP contribution in [0.15, 0.2) is 22.8 Å². The second-order valence-electron chi connectivity index (χ2n) is 5.58. The van der Waals surface area contributed by atoms with Crippen molar-refractivity contribution in [2.45, 2.75) is 26.5 Å². The molecule has 0 atom stereocenters. The van der Waals surface area contributed by atoms with Crippen LogP contribution in [-0.4, -0.2) is 42.5 Å². The molecule has 2 aromatic rings. The second kappa shape index (κ2) is 8.88. The van der Waals surface area contributed by atoms with E-state index < -0.39 is 5.91 Å². The molecule has 9 heteroatoms. The molecule has 1 amide bonds. The molecule has 0 saturated carbocycles. The first-order chi connectivity index (χ1) is 12.0. The van der Waals surface area contributed by atoms with E-state index in [1.165, 1.54) is 0 Å². The number of nitrogens with one attached hydrogen (secondary N) is 2. The van der Waals surface area contributed by atoms with Gasteiger partial charge in [0.15, 0.2) is 11.5 Å². The normalized spacial score (nSPS) is 10.7. The van der Waals surface area contributed by atoms with Crippen LogP contribution in [0.4, 0.5) is 5.82 Å². The summed E-state index contributed by atoms with van der Waals surface area (Å²) in [6.45, 7) is 5.54. The van der Waals surface area contributed by atoms with Gasteiger partial charge in [0.25, 0.3) is 5.91 Å². The summed E-state index contributed by atoms with van der Waals surface area (Å²) in [5.74, 6) is 0.960. The molecule has 9 nitrogen and oxygen atoms in total. The van der Waals surface area contributed by atoms with E-state index in [1.807, 2.05) is 32.0 Å². The Labute approximate surface area is 145 Å². The zero-order valence-corrected chi connectivity index (χ0v) is 14.5. The van der Waals surface area contributed by atoms with E-state index in [0.29, 0.717) is 31.1 Å². The fourth-order valence-corrected chi connectivity index (χ4v) is 2.11. The maximum atomic E-state index is 11.8. The lowest BCUT2D eigenvalue weighted by Crippen LogP contribution is -2.32. The Morgan fingerprint density at radius 2 is 2.08 bits per heavy atom. The molecule has 4 N–H and O–H groups in total. The van der Waals surface area contributed by atoms with Crippen LogP contribution in [0.25, 0.3) is 0 Å². The highest BCUT2D eigenvalue weighted by Crippen LogP contribution is 2.28. The predicted octanol–water partition coefficient (Wildman–Crippen LogP) is 0.967. The van der Waals surface area contributed by atoms with Crippen LogP contribution >= 0.6 is 0 Å². The number of benzene rings is 1. The van der Waals surface area contributed by atoms with Crippen molar-refractivity contribution in [1.29, 1.82) is 0 Å². The van der Waals surface area contributed by atoms with Gasteiger partial charge in [-0.2, -0.15) is 0 Å². The Bertz CT molecular complexity index is 702. The molecule has 0 aliphatic carbocycles. The lowest BCUT2D eigenvalue weighted by Gasteiger charge is -2.14. The minimum absolute atomic E-state index is 0.00882. The number of nitrogen functional groups attached to an aromatic ring is 1. The van der Waals surface area contributed by atoms with Crippen LogP contribution in [-0.2, 0) is 6.54 Å². The Hall–Kier alpha value is -2.81. The van der Waals surface area contributed by atoms with Gasteiger partial charge in [-0.1, -0.05) is 6.07 Å². The highest BCUT2D eigenvalue weighted by Gasteiger charge is 2.14. The number of carbonyl (C=O) groups is 1. The third kappa shape index (κ3) is 5.35. The number of rotatable bonds is 9. The predicted molar refractivity (Wildman–Crippen MR) is 91.5 cm³/mol. The molecule has 0 aliphatic rings. The monoisotopic (exact) mass is 349 g/mol. The van der Waals surface area contributed by atoms with E-state index >= 15 is 0 Å². The van der Waals surface area contributed by atoms with Crippen LogP contribution in [0.2, 0.25) is 0 Å². The lowest BCUT2D eigenvalue weighted by atomic mass is 10.2. The molecule has 0 radical (unpaired) electrons. The van der Waals surface area contributed by atoms with Crippen LogP contribution < -0.4 is 25.8 Å². The summed E-state index contributed by atoms with van der Waals surface area (Å²) in [5.41, 5.74) is 6.49. The van der Waals surface area contributed by atoms with Gasteiger partial charge in [-0.3, -0.25) is 4.79 Å². The average molecular weight is 349 g/mol. The number of aromatic nitrogens is 2. The van der Waals surface area contributed by atoms with E-state index in [4.69, 9.17) is 15.2 Å². The highest BCUT2D eigenvalue weighted by atomic mass is 16.6. The van der Waals surface area contributed by atoms with Crippen molar-refractivity contribution in [3.05, 3.63) is 29.5 Å². The number of hydrogen-bond donors (Lipinski definition) is 3. The van der Waals surface area contributed by atoms with Crippen LogP contribution in [0.3, 0.4) is 0 Å². The smallest absolute Gasteiger partial charge is 0.277 e. The van der Waals surface area contributed by atoms with Gasteiger partial charge in [0.05, 0.1) is 13.2 Å². The second-order valence-corrected chi connectivity index (χ2v) is 5.58. The zero-order valence-electron chi connectivity index (χ0n) is 14.5. The highest BCUT2D eigenvalue weighted by molar-refractivity contribution is 5.95. The van der Waals surface area contributed by atoms with Crippen molar-refractivity contribution in [2.75, 3.05) is 25.9 Å². The lowest BCUT2D eigenvalue weighted by molar-refractivity contribution is 0.0944. The first-order valence-corrected chi connectivity index (χ1v) is 7.91. The maximum absolute atomic E-state index is 11.8. The molecule has 0 saturated heterocycles. The van der Waals surface area contributed by atoms with Gasteiger partial charge in [0.2, 0.25) is 11.5 Å². The van der Waals surface area contributed by atoms with Gasteiger partial charge in [0.1, 0.15) is 0 Å². The summed E-state index contributed by atoms with van der Waals surface area (Å²) in [4.78, 5) is 11.8. The Kier molecular flexibility index (Phi) is 6.58. The molecule has 1 aromatic carbocycles. The summed E-state index contributed by atoms with van der Waals surface area (Å²) >= 11 is 0. The van der Waals surface area contributed by atoms with E-state index in [-0.39, 0.29) is 17.6 Å². The van der Waals surface area contributed by atoms with Gasteiger partial charge < -0.3 is 25.8 Å². The molecule has 0 fully saturated rings. The third-order valence-electron chi connectivity index (χ3n) is 3.24. The van der Waals surface area contributed by atoms with Crippen LogP contribution in [0.5, 0.6) is 11.5 Å². The zero-order chi connectivity index (χ0) is 18.2. The number of carbonyl (C=O) groups excluding carboxylic acids is 1. The van der Waals surface area contributed by atoms with Gasteiger partial charge in [-0.05, 0) is 41.9 Å². The molecule has 0 spiro atoms. The molecule has 0 aliphatic heterocycles. The van der Waals surface area contributed by atoms with E-state index in [0.717, 1.165) is 5.56 Å². The molecule has 2 rings (SSSR count). The van der Waals surface area contributed by atoms with E-state index in [1.54, 1.807) is 7.11 Å². The molecule has 1 heterocycles. The number of methoxy groups -OCH3 is 1. The molecule has 136 valence electrons. The van der Waals surface area contributed by atoms with Gasteiger partial charge in [-0.15, -0.1) is 0 Å². The fourth-order valence-electron chi connectivity index (χ4n) is 2.11. The summed E-state index contributed by atoms with van der Waals surface area (Å²) in [7, 11) is 1.61. The summed E-state index contributed by atoms with van der Waals surface area (Å²) < 4.78 is 15.4. The molecule has 25 heavy (non-hydrogen) atoms. The first-order valence-electron chi connectivity index (χ1n) is 7.91. The molecule has 0 unspecified atom stereocenters. The third-order valence-corrected chi connectivity index (χ3v) is 3.24. The molecule has 0 bridgehead atoms. The maximum Gasteiger partial charge on any atom is 0.277 e. The van der Waals surface area contributed by atoms with Crippen molar-refractivity contribution in [3.8, 4) is 11.5 Å². The molecule has 1 aromatic heterocycles. The van der Waals surface area contributed by atoms with E-state index in [9.17, 15) is 4.79 Å². The molecular weight excluding hydrogens is 326 g/mol. The van der Waals surface area contributed by atoms with Crippen molar-refractivity contribution < 1.29 is 18.9 Å². The number of ether oxygens (including phenoxy) is 2. The summed E-state index contributed by atoms with van der Waals surface area (Å²) in [5, 5.41) is 12.7. The number of anilines is 1. The van der Waals surface area contributed by atoms with Crippen molar-refractivity contribution in [2.24, 2.45) is 0 Å². The number of nitrogens with two attached hydrogens (primary N) is 1. The Balaban J connectivity index is 1.76. The fraction of sp³-hybridized carbons (Fsp3) is 0.438. The number of amides is 1. The van der Waals surface area contributed by atoms with Crippen molar-refractivity contribution >= 4 is 11.7 Å². The SMILES string of the molecule is COc1cc(CNCCNC(=O)c2nonc2N)ccc1OC(C)C. The van der Waals surface area contributed by atoms with Crippen LogP contribution in [0, 0.1) is 0 Å². The average Bonchev–Trinajstić information content (AvgIpc) is 3.01.